The summed E-state index contributed by atoms with van der Waals surface area (Å²) in [6, 6.07) is 3.92. The second-order valence-corrected chi connectivity index (χ2v) is 3.58. The Labute approximate surface area is 93.6 Å². The van der Waals surface area contributed by atoms with Crippen molar-refractivity contribution >= 4 is 11.6 Å². The van der Waals surface area contributed by atoms with Crippen molar-refractivity contribution in [3.8, 4) is 5.75 Å². The van der Waals surface area contributed by atoms with Gasteiger partial charge >= 0.3 is 0 Å². The van der Waals surface area contributed by atoms with Crippen LogP contribution in [0.1, 0.15) is 13.3 Å². The van der Waals surface area contributed by atoms with Crippen LogP contribution in [0, 0.1) is 5.82 Å². The Hall–Kier alpha value is -1.62. The van der Waals surface area contributed by atoms with Gasteiger partial charge in [0.05, 0.1) is 7.11 Å². The maximum Gasteiger partial charge on any atom is 0.225 e. The number of ether oxygens (including phenoxy) is 1. The van der Waals surface area contributed by atoms with E-state index in [9.17, 15) is 9.18 Å². The number of carbonyl (C=O) groups excluding carboxylic acids is 1. The molecule has 0 saturated heterocycles. The molecule has 0 aromatic heterocycles. The molecule has 1 aromatic carbocycles. The smallest absolute Gasteiger partial charge is 0.225 e. The van der Waals surface area contributed by atoms with Crippen LogP contribution in [0.2, 0.25) is 0 Å². The largest absolute Gasteiger partial charge is 0.494 e. The second-order valence-electron chi connectivity index (χ2n) is 3.58. The Morgan fingerprint density at radius 3 is 2.88 bits per heavy atom. The van der Waals surface area contributed by atoms with Gasteiger partial charge in [0, 0.05) is 24.2 Å². The number of halogens is 1. The highest BCUT2D eigenvalue weighted by Crippen LogP contribution is 2.21. The number of hydrogen-bond acceptors (Lipinski definition) is 3. The lowest BCUT2D eigenvalue weighted by Gasteiger charge is -2.09. The predicted octanol–water partition coefficient (Wildman–Crippen LogP) is 1.51. The molecule has 0 aliphatic rings. The fourth-order valence-corrected chi connectivity index (χ4v) is 1.24. The molecule has 0 heterocycles. The van der Waals surface area contributed by atoms with Crippen LogP contribution < -0.4 is 15.8 Å². The first-order chi connectivity index (χ1) is 7.52. The molecule has 0 fully saturated rings. The minimum absolute atomic E-state index is 0.0959. The minimum Gasteiger partial charge on any atom is -0.494 e. The molecule has 0 aliphatic heterocycles. The first-order valence-electron chi connectivity index (χ1n) is 4.92. The maximum atomic E-state index is 13.1. The molecule has 1 unspecified atom stereocenters. The Morgan fingerprint density at radius 1 is 1.62 bits per heavy atom. The Morgan fingerprint density at radius 2 is 2.31 bits per heavy atom. The lowest BCUT2D eigenvalue weighted by molar-refractivity contribution is -0.116. The number of carbonyl (C=O) groups is 1. The first kappa shape index (κ1) is 12.4. The Bertz CT molecular complexity index is 380. The van der Waals surface area contributed by atoms with Crippen LogP contribution in [0.5, 0.6) is 5.75 Å². The molecule has 16 heavy (non-hydrogen) atoms. The van der Waals surface area contributed by atoms with Crippen molar-refractivity contribution in [2.75, 3.05) is 12.4 Å². The lowest BCUT2D eigenvalue weighted by atomic mass is 10.2. The summed E-state index contributed by atoms with van der Waals surface area (Å²) >= 11 is 0. The third-order valence-electron chi connectivity index (χ3n) is 1.94. The maximum absolute atomic E-state index is 13.1. The van der Waals surface area contributed by atoms with E-state index in [1.54, 1.807) is 6.92 Å². The van der Waals surface area contributed by atoms with Crippen molar-refractivity contribution in [2.45, 2.75) is 19.4 Å². The van der Waals surface area contributed by atoms with Gasteiger partial charge in [0.15, 0.2) is 11.6 Å². The van der Waals surface area contributed by atoms with Crippen LogP contribution in [-0.2, 0) is 4.79 Å². The van der Waals surface area contributed by atoms with E-state index in [0.29, 0.717) is 5.69 Å². The Kier molecular flexibility index (Phi) is 4.25. The van der Waals surface area contributed by atoms with Crippen molar-refractivity contribution in [3.05, 3.63) is 24.0 Å². The second kappa shape index (κ2) is 5.46. The summed E-state index contributed by atoms with van der Waals surface area (Å²) in [4.78, 5) is 11.4. The lowest BCUT2D eigenvalue weighted by Crippen LogP contribution is -2.23. The number of rotatable bonds is 4. The summed E-state index contributed by atoms with van der Waals surface area (Å²) in [5.74, 6) is -0.574. The van der Waals surface area contributed by atoms with Crippen LogP contribution in [0.4, 0.5) is 10.1 Å². The average molecular weight is 226 g/mol. The molecule has 1 rings (SSSR count). The molecule has 4 nitrogen and oxygen atoms in total. The average Bonchev–Trinajstić information content (AvgIpc) is 2.19. The summed E-state index contributed by atoms with van der Waals surface area (Å²) in [5.41, 5.74) is 5.97. The SMILES string of the molecule is COc1cc(NC(=O)CC(C)N)ccc1F. The number of hydrogen-bond donors (Lipinski definition) is 2. The van der Waals surface area contributed by atoms with E-state index in [-0.39, 0.29) is 24.1 Å². The highest BCUT2D eigenvalue weighted by Gasteiger charge is 2.08. The number of nitrogens with one attached hydrogen (secondary N) is 1. The molecule has 1 aromatic rings. The summed E-state index contributed by atoms with van der Waals surface area (Å²) < 4.78 is 17.9. The van der Waals surface area contributed by atoms with Crippen LogP contribution >= 0.6 is 0 Å². The van der Waals surface area contributed by atoms with Gasteiger partial charge in [-0.05, 0) is 19.1 Å². The predicted molar refractivity (Wildman–Crippen MR) is 59.8 cm³/mol. The van der Waals surface area contributed by atoms with Gasteiger partial charge in [0.1, 0.15) is 0 Å². The molecule has 0 spiro atoms. The molecule has 3 N–H and O–H groups in total. The molecule has 1 atom stereocenters. The van der Waals surface area contributed by atoms with Crippen molar-refractivity contribution in [1.82, 2.24) is 0 Å². The molecule has 5 heteroatoms. The summed E-state index contributed by atoms with van der Waals surface area (Å²) in [7, 11) is 1.37. The quantitative estimate of drug-likeness (QED) is 0.817. The molecule has 1 amide bonds. The molecule has 0 saturated carbocycles. The van der Waals surface area contributed by atoms with Crippen molar-refractivity contribution in [3.63, 3.8) is 0 Å². The number of anilines is 1. The zero-order valence-electron chi connectivity index (χ0n) is 9.29. The van der Waals surface area contributed by atoms with E-state index in [2.05, 4.69) is 5.32 Å². The zero-order valence-corrected chi connectivity index (χ0v) is 9.29. The van der Waals surface area contributed by atoms with Gasteiger partial charge in [0.25, 0.3) is 0 Å². The monoisotopic (exact) mass is 226 g/mol. The van der Waals surface area contributed by atoms with Crippen LogP contribution in [-0.4, -0.2) is 19.1 Å². The molecule has 88 valence electrons. The third kappa shape index (κ3) is 3.51. The van der Waals surface area contributed by atoms with Gasteiger partial charge in [-0.15, -0.1) is 0 Å². The van der Waals surface area contributed by atoms with Gasteiger partial charge in [-0.2, -0.15) is 0 Å². The summed E-state index contributed by atoms with van der Waals surface area (Å²) in [5, 5.41) is 2.61. The molecular weight excluding hydrogens is 211 g/mol. The minimum atomic E-state index is -0.465. The molecule has 0 radical (unpaired) electrons. The van der Waals surface area contributed by atoms with E-state index in [4.69, 9.17) is 10.5 Å². The van der Waals surface area contributed by atoms with Crippen LogP contribution in [0.3, 0.4) is 0 Å². The number of methoxy groups -OCH3 is 1. The van der Waals surface area contributed by atoms with Crippen molar-refractivity contribution in [1.29, 1.82) is 0 Å². The number of nitrogens with two attached hydrogens (primary N) is 1. The van der Waals surface area contributed by atoms with Gasteiger partial charge in [0.2, 0.25) is 5.91 Å². The van der Waals surface area contributed by atoms with Crippen molar-refractivity contribution in [2.24, 2.45) is 5.73 Å². The molecule has 0 bridgehead atoms. The fraction of sp³-hybridized carbons (Fsp3) is 0.364. The molecular formula is C11H15FN2O2. The summed E-state index contributed by atoms with van der Waals surface area (Å²) in [6.45, 7) is 1.74. The Balaban J connectivity index is 2.71. The van der Waals surface area contributed by atoms with E-state index < -0.39 is 5.82 Å². The normalized spacial score (nSPS) is 12.0. The first-order valence-corrected chi connectivity index (χ1v) is 4.92. The van der Waals surface area contributed by atoms with Crippen molar-refractivity contribution < 1.29 is 13.9 Å². The van der Waals surface area contributed by atoms with Crippen LogP contribution in [0.15, 0.2) is 18.2 Å². The van der Waals surface area contributed by atoms with Crippen LogP contribution in [0.25, 0.3) is 0 Å². The highest BCUT2D eigenvalue weighted by molar-refractivity contribution is 5.91. The third-order valence-corrected chi connectivity index (χ3v) is 1.94. The summed E-state index contributed by atoms with van der Waals surface area (Å²) in [6.07, 6.45) is 0.222. The van der Waals surface area contributed by atoms with E-state index in [0.717, 1.165) is 0 Å². The number of benzene rings is 1. The topological polar surface area (TPSA) is 64.3 Å². The van der Waals surface area contributed by atoms with Gasteiger partial charge in [-0.1, -0.05) is 0 Å². The zero-order chi connectivity index (χ0) is 12.1. The van der Waals surface area contributed by atoms with E-state index in [1.165, 1.54) is 25.3 Å². The standard InChI is InChI=1S/C11H15FN2O2/c1-7(13)5-11(15)14-8-3-4-9(12)10(6-8)16-2/h3-4,6-7H,5,13H2,1-2H3,(H,14,15). The van der Waals surface area contributed by atoms with Gasteiger partial charge in [-0.3, -0.25) is 4.79 Å². The number of amides is 1. The van der Waals surface area contributed by atoms with Gasteiger partial charge < -0.3 is 15.8 Å². The molecule has 0 aliphatic carbocycles. The van der Waals surface area contributed by atoms with E-state index >= 15 is 0 Å². The van der Waals surface area contributed by atoms with Gasteiger partial charge in [-0.25, -0.2) is 4.39 Å². The van der Waals surface area contributed by atoms with E-state index in [1.807, 2.05) is 0 Å². The highest BCUT2D eigenvalue weighted by atomic mass is 19.1. The fourth-order valence-electron chi connectivity index (χ4n) is 1.24.